The summed E-state index contributed by atoms with van der Waals surface area (Å²) in [7, 11) is 1.90. The van der Waals surface area contributed by atoms with Crippen LogP contribution in [0.2, 0.25) is 0 Å². The van der Waals surface area contributed by atoms with E-state index in [1.807, 2.05) is 25.5 Å². The number of piperidine rings is 1. The molecule has 4 heterocycles. The predicted octanol–water partition coefficient (Wildman–Crippen LogP) is 1.35. The van der Waals surface area contributed by atoms with Crippen LogP contribution in [-0.2, 0) is 12.5 Å². The van der Waals surface area contributed by atoms with Crippen LogP contribution in [0.4, 0.5) is 5.82 Å². The van der Waals surface area contributed by atoms with Crippen LogP contribution in [0.25, 0.3) is 16.8 Å². The van der Waals surface area contributed by atoms with E-state index < -0.39 is 0 Å². The Bertz CT molecular complexity index is 855. The van der Waals surface area contributed by atoms with Gasteiger partial charge >= 0.3 is 0 Å². The van der Waals surface area contributed by atoms with Gasteiger partial charge < -0.3 is 11.1 Å². The SMILES string of the molecule is Cn1cc(-c2cnn3c(N)cc(C4(C)CCCNC4)nc23)cn1. The van der Waals surface area contributed by atoms with Gasteiger partial charge in [0.05, 0.1) is 18.1 Å². The van der Waals surface area contributed by atoms with E-state index in [2.05, 4.69) is 22.4 Å². The van der Waals surface area contributed by atoms with Crippen molar-refractivity contribution in [2.45, 2.75) is 25.2 Å². The predicted molar refractivity (Wildman–Crippen MR) is 89.1 cm³/mol. The maximum Gasteiger partial charge on any atom is 0.165 e. The lowest BCUT2D eigenvalue weighted by atomic mass is 9.79. The molecule has 3 aromatic rings. The maximum atomic E-state index is 6.24. The van der Waals surface area contributed by atoms with Crippen LogP contribution >= 0.6 is 0 Å². The van der Waals surface area contributed by atoms with E-state index in [1.54, 1.807) is 15.4 Å². The first-order valence-electron chi connectivity index (χ1n) is 7.91. The third-order valence-electron chi connectivity index (χ3n) is 4.73. The fourth-order valence-electron chi connectivity index (χ4n) is 3.33. The summed E-state index contributed by atoms with van der Waals surface area (Å²) in [5.41, 5.74) is 10.0. The summed E-state index contributed by atoms with van der Waals surface area (Å²) in [6.45, 7) is 4.24. The molecule has 0 amide bonds. The van der Waals surface area contributed by atoms with Crippen molar-refractivity contribution in [2.24, 2.45) is 7.05 Å². The molecule has 0 aliphatic carbocycles. The second kappa shape index (κ2) is 5.06. The number of aryl methyl sites for hydroxylation is 1. The lowest BCUT2D eigenvalue weighted by molar-refractivity contribution is 0.332. The van der Waals surface area contributed by atoms with Crippen molar-refractivity contribution < 1.29 is 0 Å². The molecule has 23 heavy (non-hydrogen) atoms. The summed E-state index contributed by atoms with van der Waals surface area (Å²) in [6.07, 6.45) is 7.86. The largest absolute Gasteiger partial charge is 0.384 e. The van der Waals surface area contributed by atoms with Crippen molar-refractivity contribution in [3.8, 4) is 11.1 Å². The van der Waals surface area contributed by atoms with Gasteiger partial charge in [0.1, 0.15) is 5.82 Å². The lowest BCUT2D eigenvalue weighted by Crippen LogP contribution is -2.41. The second-order valence-electron chi connectivity index (χ2n) is 6.60. The molecule has 0 saturated carbocycles. The number of hydrogen-bond acceptors (Lipinski definition) is 5. The van der Waals surface area contributed by atoms with Gasteiger partial charge in [-0.2, -0.15) is 14.7 Å². The normalized spacial score (nSPS) is 21.8. The fourth-order valence-corrected chi connectivity index (χ4v) is 3.33. The molecule has 1 aliphatic heterocycles. The average molecular weight is 311 g/mol. The monoisotopic (exact) mass is 311 g/mol. The molecule has 3 N–H and O–H groups in total. The molecule has 4 rings (SSSR count). The van der Waals surface area contributed by atoms with Crippen LogP contribution in [0.3, 0.4) is 0 Å². The summed E-state index contributed by atoms with van der Waals surface area (Å²) in [4.78, 5) is 4.92. The Hall–Kier alpha value is -2.41. The Labute approximate surface area is 134 Å². The molecule has 7 heteroatoms. The fraction of sp³-hybridized carbons (Fsp3) is 0.438. The van der Waals surface area contributed by atoms with Crippen LogP contribution in [0, 0.1) is 0 Å². The van der Waals surface area contributed by atoms with E-state index >= 15 is 0 Å². The zero-order valence-electron chi connectivity index (χ0n) is 13.5. The Balaban J connectivity index is 1.88. The molecular formula is C16H21N7. The highest BCUT2D eigenvalue weighted by atomic mass is 15.3. The van der Waals surface area contributed by atoms with Gasteiger partial charge in [-0.25, -0.2) is 4.98 Å². The van der Waals surface area contributed by atoms with Crippen LogP contribution in [0.1, 0.15) is 25.5 Å². The van der Waals surface area contributed by atoms with E-state index in [-0.39, 0.29) is 5.41 Å². The van der Waals surface area contributed by atoms with Gasteiger partial charge in [0, 0.05) is 42.4 Å². The lowest BCUT2D eigenvalue weighted by Gasteiger charge is -2.33. The van der Waals surface area contributed by atoms with Gasteiger partial charge in [0.25, 0.3) is 0 Å². The average Bonchev–Trinajstić information content (AvgIpc) is 3.14. The molecule has 1 fully saturated rings. The van der Waals surface area contributed by atoms with Gasteiger partial charge in [-0.15, -0.1) is 0 Å². The third-order valence-corrected chi connectivity index (χ3v) is 4.73. The minimum atomic E-state index is 0.00456. The molecule has 0 spiro atoms. The van der Waals surface area contributed by atoms with E-state index in [9.17, 15) is 0 Å². The molecule has 1 atom stereocenters. The standard InChI is InChI=1S/C16H21N7/c1-16(4-3-5-18-10-16)13-6-14(17)23-15(21-13)12(8-20-23)11-7-19-22(2)9-11/h6-9,18H,3-5,10,17H2,1-2H3. The Morgan fingerprint density at radius 1 is 1.30 bits per heavy atom. The number of hydrogen-bond donors (Lipinski definition) is 2. The minimum absolute atomic E-state index is 0.00456. The van der Waals surface area contributed by atoms with Crippen molar-refractivity contribution in [1.29, 1.82) is 0 Å². The maximum absolute atomic E-state index is 6.24. The highest BCUT2D eigenvalue weighted by molar-refractivity contribution is 5.77. The van der Waals surface area contributed by atoms with E-state index in [1.165, 1.54) is 0 Å². The molecule has 120 valence electrons. The van der Waals surface area contributed by atoms with Crippen LogP contribution in [0.5, 0.6) is 0 Å². The number of nitrogens with zero attached hydrogens (tertiary/aromatic N) is 5. The van der Waals surface area contributed by atoms with Gasteiger partial charge in [-0.05, 0) is 19.4 Å². The number of nitrogen functional groups attached to an aromatic ring is 1. The molecule has 0 radical (unpaired) electrons. The van der Waals surface area contributed by atoms with Crippen molar-refractivity contribution in [2.75, 3.05) is 18.8 Å². The number of aromatic nitrogens is 5. The smallest absolute Gasteiger partial charge is 0.165 e. The Kier molecular flexibility index (Phi) is 3.12. The number of anilines is 1. The molecule has 3 aromatic heterocycles. The van der Waals surface area contributed by atoms with Crippen LogP contribution < -0.4 is 11.1 Å². The first kappa shape index (κ1) is 14.2. The number of rotatable bonds is 2. The number of nitrogens with two attached hydrogens (primary N) is 1. The van der Waals surface area contributed by atoms with E-state index in [0.29, 0.717) is 5.82 Å². The zero-order chi connectivity index (χ0) is 16.0. The van der Waals surface area contributed by atoms with Crippen molar-refractivity contribution in [3.63, 3.8) is 0 Å². The Morgan fingerprint density at radius 2 is 2.17 bits per heavy atom. The van der Waals surface area contributed by atoms with Crippen LogP contribution in [-0.4, -0.2) is 37.5 Å². The first-order chi connectivity index (χ1) is 11.1. The van der Waals surface area contributed by atoms with Crippen molar-refractivity contribution in [1.82, 2.24) is 29.7 Å². The van der Waals surface area contributed by atoms with Crippen molar-refractivity contribution in [3.05, 3.63) is 30.4 Å². The molecular weight excluding hydrogens is 290 g/mol. The minimum Gasteiger partial charge on any atom is -0.384 e. The summed E-state index contributed by atoms with van der Waals surface area (Å²) >= 11 is 0. The summed E-state index contributed by atoms with van der Waals surface area (Å²) in [5.74, 6) is 0.618. The molecule has 7 nitrogen and oxygen atoms in total. The molecule has 0 bridgehead atoms. The molecule has 1 unspecified atom stereocenters. The van der Waals surface area contributed by atoms with Crippen molar-refractivity contribution >= 4 is 11.5 Å². The quantitative estimate of drug-likeness (QED) is 0.746. The van der Waals surface area contributed by atoms with Gasteiger partial charge in [-0.1, -0.05) is 6.92 Å². The Morgan fingerprint density at radius 3 is 2.87 bits per heavy atom. The highest BCUT2D eigenvalue weighted by Gasteiger charge is 2.31. The molecule has 0 aromatic carbocycles. The summed E-state index contributed by atoms with van der Waals surface area (Å²) in [6, 6.07) is 1.96. The molecule has 1 aliphatic rings. The van der Waals surface area contributed by atoms with Gasteiger partial charge in [0.15, 0.2) is 5.65 Å². The number of nitrogens with one attached hydrogen (secondary N) is 1. The number of fused-ring (bicyclic) bond motifs is 1. The van der Waals surface area contributed by atoms with Crippen LogP contribution in [0.15, 0.2) is 24.7 Å². The second-order valence-corrected chi connectivity index (χ2v) is 6.60. The zero-order valence-corrected chi connectivity index (χ0v) is 13.5. The summed E-state index contributed by atoms with van der Waals surface area (Å²) in [5, 5.41) is 12.1. The third kappa shape index (κ3) is 2.28. The van der Waals surface area contributed by atoms with E-state index in [0.717, 1.165) is 48.4 Å². The van der Waals surface area contributed by atoms with Gasteiger partial charge in [0.2, 0.25) is 0 Å². The highest BCUT2D eigenvalue weighted by Crippen LogP contribution is 2.32. The van der Waals surface area contributed by atoms with E-state index in [4.69, 9.17) is 10.7 Å². The molecule has 1 saturated heterocycles. The van der Waals surface area contributed by atoms with Gasteiger partial charge in [-0.3, -0.25) is 4.68 Å². The topological polar surface area (TPSA) is 86.1 Å². The first-order valence-corrected chi connectivity index (χ1v) is 7.91. The summed E-state index contributed by atoms with van der Waals surface area (Å²) < 4.78 is 3.48.